The summed E-state index contributed by atoms with van der Waals surface area (Å²) < 4.78 is 13.6. The third-order valence-corrected chi connectivity index (χ3v) is 6.61. The second kappa shape index (κ2) is 12.8. The van der Waals surface area contributed by atoms with Crippen molar-refractivity contribution in [1.82, 2.24) is 15.2 Å². The monoisotopic (exact) mass is 514 g/mol. The molecule has 1 aliphatic heterocycles. The van der Waals surface area contributed by atoms with Gasteiger partial charge in [-0.05, 0) is 61.7 Å². The Balaban J connectivity index is 1.53. The maximum absolute atomic E-state index is 13.6. The minimum Gasteiger partial charge on any atom is -0.369 e. The Hall–Kier alpha value is -4.29. The highest BCUT2D eigenvalue weighted by atomic mass is 19.1. The van der Waals surface area contributed by atoms with Crippen molar-refractivity contribution in [3.8, 4) is 17.3 Å². The van der Waals surface area contributed by atoms with Gasteiger partial charge in [-0.3, -0.25) is 9.59 Å². The molecule has 2 aromatic carbocycles. The first kappa shape index (κ1) is 26.8. The van der Waals surface area contributed by atoms with E-state index in [4.69, 9.17) is 10.7 Å². The number of halogens is 1. The predicted molar refractivity (Wildman–Crippen MR) is 144 cm³/mol. The molecule has 4 N–H and O–H groups in total. The summed E-state index contributed by atoms with van der Waals surface area (Å²) in [6.07, 6.45) is 2.39. The number of nitrogens with two attached hydrogens (primary N) is 1. The van der Waals surface area contributed by atoms with Gasteiger partial charge in [-0.1, -0.05) is 30.3 Å². The molecule has 3 aromatic rings. The second-order valence-corrected chi connectivity index (χ2v) is 9.19. The van der Waals surface area contributed by atoms with E-state index in [2.05, 4.69) is 16.7 Å². The highest BCUT2D eigenvalue weighted by Gasteiger charge is 2.30. The first-order valence-corrected chi connectivity index (χ1v) is 12.8. The summed E-state index contributed by atoms with van der Waals surface area (Å²) in [6.45, 7) is 1.83. The van der Waals surface area contributed by atoms with Crippen LogP contribution in [-0.2, 0) is 11.2 Å². The van der Waals surface area contributed by atoms with Crippen molar-refractivity contribution in [3.63, 3.8) is 0 Å². The van der Waals surface area contributed by atoms with Crippen LogP contribution in [-0.4, -0.2) is 53.9 Å². The van der Waals surface area contributed by atoms with Gasteiger partial charge >= 0.3 is 0 Å². The number of hydrogen-bond acceptors (Lipinski definition) is 6. The van der Waals surface area contributed by atoms with Crippen molar-refractivity contribution in [2.75, 3.05) is 31.5 Å². The zero-order valence-corrected chi connectivity index (χ0v) is 21.1. The molecule has 196 valence electrons. The van der Waals surface area contributed by atoms with Gasteiger partial charge in [-0.2, -0.15) is 5.26 Å². The molecule has 4 rings (SSSR count). The van der Waals surface area contributed by atoms with Crippen LogP contribution in [0.3, 0.4) is 0 Å². The van der Waals surface area contributed by atoms with Crippen LogP contribution in [0.4, 0.5) is 10.2 Å². The van der Waals surface area contributed by atoms with Gasteiger partial charge in [-0.25, -0.2) is 9.37 Å². The Kier molecular flexibility index (Phi) is 9.01. The van der Waals surface area contributed by atoms with E-state index in [1.165, 1.54) is 12.1 Å². The number of nitrogens with one attached hydrogen (secondary N) is 2. The first-order chi connectivity index (χ1) is 18.5. The lowest BCUT2D eigenvalue weighted by Gasteiger charge is -2.25. The molecular weight excluding hydrogens is 483 g/mol. The number of pyridine rings is 1. The van der Waals surface area contributed by atoms with Crippen molar-refractivity contribution >= 4 is 17.6 Å². The van der Waals surface area contributed by atoms with E-state index < -0.39 is 0 Å². The molecule has 38 heavy (non-hydrogen) atoms. The molecule has 0 radical (unpaired) electrons. The molecular formula is C29H31FN6O2. The third-order valence-electron chi connectivity index (χ3n) is 6.61. The summed E-state index contributed by atoms with van der Waals surface area (Å²) in [5.41, 5.74) is 8.47. The molecule has 0 bridgehead atoms. The SMILES string of the molecule is N#Cc1ccccc1-c1ccc(C(=O)NCC2CCC(=O)N2CCCN)c(NCCc2cccc(F)c2)n1. The van der Waals surface area contributed by atoms with Crippen molar-refractivity contribution in [2.24, 2.45) is 5.73 Å². The Bertz CT molecular complexity index is 1340. The van der Waals surface area contributed by atoms with Gasteiger partial charge in [0.15, 0.2) is 0 Å². The number of carbonyl (C=O) groups excluding carboxylic acids is 2. The van der Waals surface area contributed by atoms with Gasteiger partial charge in [0.05, 0.1) is 22.9 Å². The summed E-state index contributed by atoms with van der Waals surface area (Å²) in [4.78, 5) is 32.0. The average Bonchev–Trinajstić information content (AvgIpc) is 3.29. The summed E-state index contributed by atoms with van der Waals surface area (Å²) in [5.74, 6) is -0.170. The number of anilines is 1. The summed E-state index contributed by atoms with van der Waals surface area (Å²) in [6, 6.07) is 19.0. The first-order valence-electron chi connectivity index (χ1n) is 12.8. The Morgan fingerprint density at radius 3 is 2.82 bits per heavy atom. The largest absolute Gasteiger partial charge is 0.369 e. The van der Waals surface area contributed by atoms with Crippen molar-refractivity contribution < 1.29 is 14.0 Å². The third kappa shape index (κ3) is 6.52. The number of nitrogens with zero attached hydrogens (tertiary/aromatic N) is 3. The number of benzene rings is 2. The van der Waals surface area contributed by atoms with Crippen molar-refractivity contribution in [2.45, 2.75) is 31.7 Å². The average molecular weight is 515 g/mol. The molecule has 2 heterocycles. The van der Waals surface area contributed by atoms with Crippen LogP contribution in [0, 0.1) is 17.1 Å². The maximum Gasteiger partial charge on any atom is 0.255 e. The zero-order chi connectivity index (χ0) is 26.9. The fourth-order valence-electron chi connectivity index (χ4n) is 4.63. The minimum atomic E-state index is -0.316. The lowest BCUT2D eigenvalue weighted by atomic mass is 10.0. The van der Waals surface area contributed by atoms with Gasteiger partial charge in [0, 0.05) is 37.7 Å². The van der Waals surface area contributed by atoms with Crippen LogP contribution >= 0.6 is 0 Å². The van der Waals surface area contributed by atoms with Crippen LogP contribution in [0.5, 0.6) is 0 Å². The molecule has 0 spiro atoms. The smallest absolute Gasteiger partial charge is 0.255 e. The summed E-state index contributed by atoms with van der Waals surface area (Å²) >= 11 is 0. The molecule has 1 atom stereocenters. The van der Waals surface area contributed by atoms with E-state index in [-0.39, 0.29) is 23.7 Å². The predicted octanol–water partition coefficient (Wildman–Crippen LogP) is 3.48. The molecule has 8 nitrogen and oxygen atoms in total. The van der Waals surface area contributed by atoms with Gasteiger partial charge in [0.25, 0.3) is 5.91 Å². The van der Waals surface area contributed by atoms with Crippen LogP contribution in [0.25, 0.3) is 11.3 Å². The lowest BCUT2D eigenvalue weighted by Crippen LogP contribution is -2.42. The Labute approximate surface area is 221 Å². The van der Waals surface area contributed by atoms with Crippen LogP contribution in [0.2, 0.25) is 0 Å². The number of hydrogen-bond donors (Lipinski definition) is 3. The highest BCUT2D eigenvalue weighted by Crippen LogP contribution is 2.25. The van der Waals surface area contributed by atoms with E-state index in [0.29, 0.717) is 80.1 Å². The van der Waals surface area contributed by atoms with E-state index in [1.54, 1.807) is 35.2 Å². The zero-order valence-electron chi connectivity index (χ0n) is 21.1. The lowest BCUT2D eigenvalue weighted by molar-refractivity contribution is -0.128. The van der Waals surface area contributed by atoms with Crippen molar-refractivity contribution in [3.05, 3.63) is 83.2 Å². The minimum absolute atomic E-state index is 0.0721. The number of amides is 2. The van der Waals surface area contributed by atoms with Gasteiger partial charge in [-0.15, -0.1) is 0 Å². The number of carbonyl (C=O) groups is 2. The standard InChI is InChI=1S/C29H31FN6O2/c30-22-7-3-5-20(17-22)13-15-33-28-25(10-11-26(35-28)24-8-2-1-6-21(24)18-32)29(38)34-19-23-9-12-27(37)36(23)16-4-14-31/h1-3,5-8,10-11,17,23H,4,9,12-16,19,31H2,(H,33,35)(H,34,38). The van der Waals surface area contributed by atoms with Gasteiger partial charge in [0.2, 0.25) is 5.91 Å². The van der Waals surface area contributed by atoms with Crippen LogP contribution < -0.4 is 16.4 Å². The quantitative estimate of drug-likeness (QED) is 0.360. The molecule has 1 saturated heterocycles. The second-order valence-electron chi connectivity index (χ2n) is 9.19. The van der Waals surface area contributed by atoms with E-state index in [1.807, 2.05) is 18.2 Å². The molecule has 1 aliphatic rings. The molecule has 1 unspecified atom stereocenters. The summed E-state index contributed by atoms with van der Waals surface area (Å²) in [7, 11) is 0. The normalized spacial score (nSPS) is 14.8. The maximum atomic E-state index is 13.6. The number of aromatic nitrogens is 1. The van der Waals surface area contributed by atoms with Crippen LogP contribution in [0.15, 0.2) is 60.7 Å². The van der Waals surface area contributed by atoms with E-state index in [0.717, 1.165) is 5.56 Å². The molecule has 1 fully saturated rings. The highest BCUT2D eigenvalue weighted by molar-refractivity contribution is 5.99. The fourth-order valence-corrected chi connectivity index (χ4v) is 4.63. The fraction of sp³-hybridized carbons (Fsp3) is 0.310. The Morgan fingerprint density at radius 2 is 2.03 bits per heavy atom. The number of nitriles is 1. The van der Waals surface area contributed by atoms with Crippen LogP contribution in [0.1, 0.15) is 40.7 Å². The van der Waals surface area contributed by atoms with Gasteiger partial charge < -0.3 is 21.3 Å². The molecule has 0 saturated carbocycles. The number of likely N-dealkylation sites (tertiary alicyclic amines) is 1. The van der Waals surface area contributed by atoms with E-state index >= 15 is 0 Å². The number of rotatable bonds is 11. The van der Waals surface area contributed by atoms with E-state index in [9.17, 15) is 19.2 Å². The Morgan fingerprint density at radius 1 is 1.18 bits per heavy atom. The molecule has 1 aromatic heterocycles. The van der Waals surface area contributed by atoms with Gasteiger partial charge in [0.1, 0.15) is 11.6 Å². The molecule has 9 heteroatoms. The molecule has 2 amide bonds. The summed E-state index contributed by atoms with van der Waals surface area (Å²) in [5, 5.41) is 15.7. The van der Waals surface area contributed by atoms with Crippen molar-refractivity contribution in [1.29, 1.82) is 5.26 Å². The topological polar surface area (TPSA) is 124 Å². The molecule has 0 aliphatic carbocycles.